The van der Waals surface area contributed by atoms with Gasteiger partial charge in [0.05, 0.1) is 5.52 Å². The number of aliphatic carboxylic acids is 2. The molecule has 0 aliphatic carbocycles. The molecule has 0 saturated carbocycles. The maximum absolute atomic E-state index is 11.8. The topological polar surface area (TPSA) is 234 Å². The lowest BCUT2D eigenvalue weighted by molar-refractivity contribution is -0.140. The zero-order valence-corrected chi connectivity index (χ0v) is 16.9. The minimum absolute atomic E-state index is 0.175. The van der Waals surface area contributed by atoms with Crippen LogP contribution in [0.1, 0.15) is 23.2 Å². The normalized spacial score (nSPS) is 11.1. The smallest absolute Gasteiger partial charge is 0.326 e. The molecule has 0 bridgehead atoms. The number of nitrogens with two attached hydrogens (primary N) is 4. The van der Waals surface area contributed by atoms with Crippen LogP contribution in [0.2, 0.25) is 0 Å². The molecule has 32 heavy (non-hydrogen) atoms. The Balaban J connectivity index is 0.000000242. The first-order valence-electron chi connectivity index (χ1n) is 9.26. The van der Waals surface area contributed by atoms with Crippen molar-refractivity contribution in [2.24, 2.45) is 0 Å². The molecule has 1 atom stereocenters. The van der Waals surface area contributed by atoms with E-state index in [-0.39, 0.29) is 24.4 Å². The Labute approximate surface area is 182 Å². The number of nitrogen functional groups attached to an aromatic ring is 4. The molecule has 0 aliphatic heterocycles. The van der Waals surface area contributed by atoms with Crippen LogP contribution in [-0.2, 0) is 9.59 Å². The molecule has 12 nitrogen and oxygen atoms in total. The number of rotatable bonds is 6. The molecule has 0 saturated heterocycles. The van der Waals surface area contributed by atoms with Crippen LogP contribution in [0.4, 0.5) is 23.1 Å². The molecule has 3 rings (SSSR count). The van der Waals surface area contributed by atoms with Gasteiger partial charge in [-0.05, 0) is 48.9 Å². The number of hydrogen-bond donors (Lipinski definition) is 7. The van der Waals surface area contributed by atoms with Gasteiger partial charge in [-0.15, -0.1) is 0 Å². The maximum Gasteiger partial charge on any atom is 0.326 e. The summed E-state index contributed by atoms with van der Waals surface area (Å²) < 4.78 is 0. The largest absolute Gasteiger partial charge is 0.481 e. The number of aromatic nitrogens is 2. The van der Waals surface area contributed by atoms with Gasteiger partial charge in [-0.2, -0.15) is 4.98 Å². The van der Waals surface area contributed by atoms with Crippen LogP contribution in [-0.4, -0.2) is 44.1 Å². The molecule has 11 N–H and O–H groups in total. The third kappa shape index (κ3) is 6.73. The van der Waals surface area contributed by atoms with Gasteiger partial charge in [0.2, 0.25) is 5.95 Å². The fourth-order valence-electron chi connectivity index (χ4n) is 2.59. The second-order valence-corrected chi connectivity index (χ2v) is 6.66. The number of nitrogens with zero attached hydrogens (tertiary/aromatic N) is 2. The second kappa shape index (κ2) is 10.4. The Morgan fingerprint density at radius 1 is 0.906 bits per heavy atom. The van der Waals surface area contributed by atoms with Crippen molar-refractivity contribution in [3.8, 4) is 0 Å². The Hall–Kier alpha value is -4.61. The number of amides is 1. The maximum atomic E-state index is 11.8. The van der Waals surface area contributed by atoms with Crippen molar-refractivity contribution in [3.05, 3.63) is 48.0 Å². The van der Waals surface area contributed by atoms with E-state index in [0.29, 0.717) is 22.7 Å². The van der Waals surface area contributed by atoms with Crippen LogP contribution in [0.3, 0.4) is 0 Å². The number of carbonyl (C=O) groups excluding carboxylic acids is 1. The summed E-state index contributed by atoms with van der Waals surface area (Å²) in [5.74, 6) is -2.44. The lowest BCUT2D eigenvalue weighted by atomic mass is 10.1. The quantitative estimate of drug-likeness (QED) is 0.263. The molecule has 0 fully saturated rings. The van der Waals surface area contributed by atoms with Crippen molar-refractivity contribution < 1.29 is 24.6 Å². The summed E-state index contributed by atoms with van der Waals surface area (Å²) in [4.78, 5) is 40.9. The van der Waals surface area contributed by atoms with Crippen molar-refractivity contribution in [1.29, 1.82) is 0 Å². The highest BCUT2D eigenvalue weighted by atomic mass is 16.4. The number of benzene rings is 2. The van der Waals surface area contributed by atoms with Gasteiger partial charge in [-0.25, -0.2) is 9.78 Å². The minimum Gasteiger partial charge on any atom is -0.481 e. The fraction of sp³-hybridized carbons (Fsp3) is 0.150. The van der Waals surface area contributed by atoms with Gasteiger partial charge in [-0.3, -0.25) is 9.59 Å². The molecule has 1 aromatic heterocycles. The third-order valence-corrected chi connectivity index (χ3v) is 4.19. The van der Waals surface area contributed by atoms with Gasteiger partial charge < -0.3 is 38.5 Å². The summed E-state index contributed by atoms with van der Waals surface area (Å²) >= 11 is 0. The Bertz CT molecular complexity index is 1140. The molecule has 0 radical (unpaired) electrons. The summed E-state index contributed by atoms with van der Waals surface area (Å²) in [7, 11) is 0. The summed E-state index contributed by atoms with van der Waals surface area (Å²) in [6.45, 7) is 0. The Kier molecular flexibility index (Phi) is 7.71. The lowest BCUT2D eigenvalue weighted by Crippen LogP contribution is -2.41. The van der Waals surface area contributed by atoms with Crippen molar-refractivity contribution in [2.75, 3.05) is 22.9 Å². The molecule has 168 valence electrons. The first-order chi connectivity index (χ1) is 15.1. The average Bonchev–Trinajstić information content (AvgIpc) is 2.72. The van der Waals surface area contributed by atoms with E-state index >= 15 is 0 Å². The number of carbonyl (C=O) groups is 3. The highest BCUT2D eigenvalue weighted by molar-refractivity contribution is 5.97. The number of carboxylic acids is 2. The number of fused-ring (bicyclic) bond motifs is 1. The van der Waals surface area contributed by atoms with Gasteiger partial charge in [0, 0.05) is 28.7 Å². The molecule has 1 unspecified atom stereocenters. The molecular weight excluding hydrogens is 418 g/mol. The van der Waals surface area contributed by atoms with Crippen molar-refractivity contribution >= 4 is 51.9 Å². The SMILES string of the molecule is Nc1ccc(C(=O)NC(CCC(=O)O)C(=O)O)cc1.Nc1ccc2nc(N)nc(N)c2c1. The first kappa shape index (κ1) is 23.7. The predicted octanol–water partition coefficient (Wildman–Crippen LogP) is 0.693. The summed E-state index contributed by atoms with van der Waals surface area (Å²) in [6, 6.07) is 9.95. The molecule has 2 aromatic carbocycles. The van der Waals surface area contributed by atoms with Gasteiger partial charge in [0.15, 0.2) is 0 Å². The van der Waals surface area contributed by atoms with E-state index in [2.05, 4.69) is 15.3 Å². The van der Waals surface area contributed by atoms with E-state index < -0.39 is 23.9 Å². The van der Waals surface area contributed by atoms with E-state index in [1.807, 2.05) is 0 Å². The van der Waals surface area contributed by atoms with Gasteiger partial charge in [0.1, 0.15) is 11.9 Å². The van der Waals surface area contributed by atoms with Gasteiger partial charge in [0.25, 0.3) is 5.91 Å². The molecule has 12 heteroatoms. The number of hydrogen-bond acceptors (Lipinski definition) is 9. The van der Waals surface area contributed by atoms with E-state index in [9.17, 15) is 14.4 Å². The highest BCUT2D eigenvalue weighted by Gasteiger charge is 2.21. The minimum atomic E-state index is -1.27. The molecule has 0 spiro atoms. The van der Waals surface area contributed by atoms with E-state index in [1.54, 1.807) is 18.2 Å². The summed E-state index contributed by atoms with van der Waals surface area (Å²) in [5, 5.41) is 20.4. The molecule has 1 heterocycles. The lowest BCUT2D eigenvalue weighted by Gasteiger charge is -2.13. The fourth-order valence-corrected chi connectivity index (χ4v) is 2.59. The van der Waals surface area contributed by atoms with Crippen LogP contribution in [0, 0.1) is 0 Å². The van der Waals surface area contributed by atoms with Crippen molar-refractivity contribution in [2.45, 2.75) is 18.9 Å². The van der Waals surface area contributed by atoms with E-state index in [4.69, 9.17) is 33.1 Å². The van der Waals surface area contributed by atoms with Crippen LogP contribution in [0.5, 0.6) is 0 Å². The van der Waals surface area contributed by atoms with Crippen LogP contribution in [0.25, 0.3) is 10.9 Å². The van der Waals surface area contributed by atoms with Gasteiger partial charge >= 0.3 is 11.9 Å². The van der Waals surface area contributed by atoms with Gasteiger partial charge in [-0.1, -0.05) is 0 Å². The zero-order valence-electron chi connectivity index (χ0n) is 16.9. The number of nitrogens with one attached hydrogen (secondary N) is 1. The molecule has 1 amide bonds. The van der Waals surface area contributed by atoms with Crippen molar-refractivity contribution in [1.82, 2.24) is 15.3 Å². The predicted molar refractivity (Wildman–Crippen MR) is 119 cm³/mol. The van der Waals surface area contributed by atoms with Crippen LogP contribution >= 0.6 is 0 Å². The van der Waals surface area contributed by atoms with E-state index in [1.165, 1.54) is 24.3 Å². The number of anilines is 4. The third-order valence-electron chi connectivity index (χ3n) is 4.19. The zero-order chi connectivity index (χ0) is 23.8. The number of carboxylic acid groups (broad SMARTS) is 2. The Morgan fingerprint density at radius 2 is 1.53 bits per heavy atom. The summed E-state index contributed by atoms with van der Waals surface area (Å²) in [6.07, 6.45) is -0.510. The highest BCUT2D eigenvalue weighted by Crippen LogP contribution is 2.20. The first-order valence-corrected chi connectivity index (χ1v) is 9.26. The standard InChI is InChI=1S/C12H14N2O5.C8H9N5/c13-8-3-1-7(2-4-8)11(17)14-9(12(18)19)5-6-10(15)16;9-4-1-2-6-5(3-4)7(10)13-8(11)12-6/h1-4,9H,5-6,13H2,(H,14,17)(H,15,16)(H,18,19);1-3H,9H2,(H4,10,11,12,13). The van der Waals surface area contributed by atoms with Crippen LogP contribution in [0.15, 0.2) is 42.5 Å². The monoisotopic (exact) mass is 441 g/mol. The molecular formula is C20H23N7O5. The molecule has 0 aliphatic rings. The average molecular weight is 441 g/mol. The van der Waals surface area contributed by atoms with E-state index in [0.717, 1.165) is 5.39 Å². The summed E-state index contributed by atoms with van der Waals surface area (Å²) in [5.41, 5.74) is 24.2. The Morgan fingerprint density at radius 3 is 2.12 bits per heavy atom. The second-order valence-electron chi connectivity index (χ2n) is 6.66. The van der Waals surface area contributed by atoms with Crippen LogP contribution < -0.4 is 28.3 Å². The van der Waals surface area contributed by atoms with Crippen molar-refractivity contribution in [3.63, 3.8) is 0 Å². The molecule has 3 aromatic rings.